The minimum atomic E-state index is -0.257. The molecule has 0 spiro atoms. The first kappa shape index (κ1) is 15.8. The zero-order valence-corrected chi connectivity index (χ0v) is 14.3. The van der Waals surface area contributed by atoms with Crippen LogP contribution < -0.4 is 0 Å². The highest BCUT2D eigenvalue weighted by Gasteiger charge is 2.20. The van der Waals surface area contributed by atoms with Gasteiger partial charge in [-0.15, -0.1) is 11.6 Å². The Morgan fingerprint density at radius 2 is 2.10 bits per heavy atom. The Morgan fingerprint density at radius 1 is 1.40 bits per heavy atom. The van der Waals surface area contributed by atoms with Crippen LogP contribution in [0.5, 0.6) is 0 Å². The number of nitrogens with zero attached hydrogens (tertiary/aromatic N) is 2. The minimum absolute atomic E-state index is 0.257. The van der Waals surface area contributed by atoms with Crippen molar-refractivity contribution in [3.8, 4) is 0 Å². The maximum absolute atomic E-state index is 13.9. The Balaban J connectivity index is 2.64. The Labute approximate surface area is 132 Å². The second-order valence-corrected chi connectivity index (χ2v) is 6.45. The molecule has 0 N–H and O–H groups in total. The second kappa shape index (κ2) is 6.44. The van der Waals surface area contributed by atoms with Crippen LogP contribution >= 0.6 is 27.5 Å². The molecule has 0 amide bonds. The minimum Gasteiger partial charge on any atom is -0.325 e. The van der Waals surface area contributed by atoms with Gasteiger partial charge in [-0.1, -0.05) is 20.3 Å². The molecule has 20 heavy (non-hydrogen) atoms. The van der Waals surface area contributed by atoms with Crippen molar-refractivity contribution in [1.29, 1.82) is 0 Å². The third-order valence-electron chi connectivity index (χ3n) is 4.00. The normalized spacial score (nSPS) is 14.7. The zero-order valence-electron chi connectivity index (χ0n) is 12.0. The molecule has 2 rings (SSSR count). The van der Waals surface area contributed by atoms with Crippen LogP contribution in [0.25, 0.3) is 11.0 Å². The van der Waals surface area contributed by atoms with E-state index in [-0.39, 0.29) is 11.9 Å². The number of aryl methyl sites for hydroxylation is 1. The Kier molecular flexibility index (Phi) is 5.08. The Bertz CT molecular complexity index is 611. The first-order valence-electron chi connectivity index (χ1n) is 6.91. The fourth-order valence-corrected chi connectivity index (χ4v) is 2.95. The molecule has 0 aliphatic carbocycles. The SMILES string of the molecule is CCC(C)C(C)n1c(CCCl)nc2cc(Br)c(F)cc21. The fraction of sp³-hybridized carbons (Fsp3) is 0.533. The van der Waals surface area contributed by atoms with Crippen molar-refractivity contribution in [3.05, 3.63) is 28.2 Å². The standard InChI is InChI=1S/C15H19BrClFN2/c1-4-9(2)10(3)20-14-8-12(18)11(16)7-13(14)19-15(20)5-6-17/h7-10H,4-6H2,1-3H3. The molecular formula is C15H19BrClFN2. The van der Waals surface area contributed by atoms with Crippen LogP contribution in [0.15, 0.2) is 16.6 Å². The molecule has 1 aromatic carbocycles. The largest absolute Gasteiger partial charge is 0.325 e. The third kappa shape index (κ3) is 2.86. The molecule has 1 heterocycles. The van der Waals surface area contributed by atoms with Gasteiger partial charge in [-0.2, -0.15) is 0 Å². The fourth-order valence-electron chi connectivity index (χ4n) is 2.45. The predicted octanol–water partition coefficient (Wildman–Crippen LogP) is 5.33. The molecule has 0 bridgehead atoms. The van der Waals surface area contributed by atoms with E-state index in [1.54, 1.807) is 12.1 Å². The zero-order chi connectivity index (χ0) is 14.9. The molecule has 0 radical (unpaired) electrons. The number of fused-ring (bicyclic) bond motifs is 1. The molecule has 2 unspecified atom stereocenters. The van der Waals surface area contributed by atoms with E-state index in [9.17, 15) is 4.39 Å². The quantitative estimate of drug-likeness (QED) is 0.658. The summed E-state index contributed by atoms with van der Waals surface area (Å²) in [5, 5.41) is 0. The summed E-state index contributed by atoms with van der Waals surface area (Å²) >= 11 is 9.10. The van der Waals surface area contributed by atoms with Crippen LogP contribution in [0.1, 0.15) is 39.1 Å². The van der Waals surface area contributed by atoms with Gasteiger partial charge in [0.2, 0.25) is 0 Å². The van der Waals surface area contributed by atoms with Crippen molar-refractivity contribution >= 4 is 38.6 Å². The number of aromatic nitrogens is 2. The molecule has 0 aliphatic heterocycles. The lowest BCUT2D eigenvalue weighted by atomic mass is 10.0. The van der Waals surface area contributed by atoms with Gasteiger partial charge < -0.3 is 4.57 Å². The molecule has 1 aromatic heterocycles. The highest BCUT2D eigenvalue weighted by atomic mass is 79.9. The number of hydrogen-bond acceptors (Lipinski definition) is 1. The lowest BCUT2D eigenvalue weighted by Crippen LogP contribution is -2.16. The first-order chi connectivity index (χ1) is 9.49. The molecule has 0 fully saturated rings. The van der Waals surface area contributed by atoms with Crippen LogP contribution in [0.3, 0.4) is 0 Å². The van der Waals surface area contributed by atoms with Crippen LogP contribution in [-0.2, 0) is 6.42 Å². The van der Waals surface area contributed by atoms with Gasteiger partial charge in [-0.05, 0) is 34.8 Å². The van der Waals surface area contributed by atoms with Gasteiger partial charge in [0.25, 0.3) is 0 Å². The van der Waals surface area contributed by atoms with Crippen molar-refractivity contribution in [2.24, 2.45) is 5.92 Å². The lowest BCUT2D eigenvalue weighted by molar-refractivity contribution is 0.369. The summed E-state index contributed by atoms with van der Waals surface area (Å²) in [5.74, 6) is 1.68. The average molecular weight is 362 g/mol. The summed E-state index contributed by atoms with van der Waals surface area (Å²) in [6, 6.07) is 3.56. The van der Waals surface area contributed by atoms with Crippen molar-refractivity contribution in [2.75, 3.05) is 5.88 Å². The highest BCUT2D eigenvalue weighted by molar-refractivity contribution is 9.10. The van der Waals surface area contributed by atoms with Crippen molar-refractivity contribution in [2.45, 2.75) is 39.7 Å². The van der Waals surface area contributed by atoms with E-state index in [0.29, 0.717) is 22.7 Å². The maximum atomic E-state index is 13.9. The van der Waals surface area contributed by atoms with Crippen molar-refractivity contribution < 1.29 is 4.39 Å². The van der Waals surface area contributed by atoms with Gasteiger partial charge in [0.1, 0.15) is 11.6 Å². The molecule has 110 valence electrons. The summed E-state index contributed by atoms with van der Waals surface area (Å²) in [6.45, 7) is 6.53. The van der Waals surface area contributed by atoms with Gasteiger partial charge in [0.05, 0.1) is 15.5 Å². The van der Waals surface area contributed by atoms with Crippen LogP contribution in [0, 0.1) is 11.7 Å². The number of halogens is 3. The van der Waals surface area contributed by atoms with E-state index in [2.05, 4.69) is 46.3 Å². The molecule has 2 aromatic rings. The van der Waals surface area contributed by atoms with E-state index >= 15 is 0 Å². The summed E-state index contributed by atoms with van der Waals surface area (Å²) in [4.78, 5) is 4.62. The number of benzene rings is 1. The highest BCUT2D eigenvalue weighted by Crippen LogP contribution is 2.30. The van der Waals surface area contributed by atoms with E-state index in [1.165, 1.54) is 0 Å². The van der Waals surface area contributed by atoms with Gasteiger partial charge >= 0.3 is 0 Å². The molecule has 2 nitrogen and oxygen atoms in total. The lowest BCUT2D eigenvalue weighted by Gasteiger charge is -2.23. The molecular weight excluding hydrogens is 343 g/mol. The summed E-state index contributed by atoms with van der Waals surface area (Å²) in [7, 11) is 0. The average Bonchev–Trinajstić information content (AvgIpc) is 2.75. The second-order valence-electron chi connectivity index (χ2n) is 5.22. The molecule has 0 saturated carbocycles. The van der Waals surface area contributed by atoms with E-state index in [1.807, 2.05) is 0 Å². The Morgan fingerprint density at radius 3 is 2.70 bits per heavy atom. The number of hydrogen-bond donors (Lipinski definition) is 0. The van der Waals surface area contributed by atoms with Gasteiger partial charge in [0.15, 0.2) is 0 Å². The number of rotatable bonds is 5. The monoisotopic (exact) mass is 360 g/mol. The summed E-state index contributed by atoms with van der Waals surface area (Å²) in [6.07, 6.45) is 1.76. The van der Waals surface area contributed by atoms with Crippen LogP contribution in [0.2, 0.25) is 0 Å². The number of imidazole rings is 1. The molecule has 2 atom stereocenters. The van der Waals surface area contributed by atoms with E-state index < -0.39 is 0 Å². The molecule has 0 aliphatic rings. The van der Waals surface area contributed by atoms with E-state index in [4.69, 9.17) is 11.6 Å². The number of alkyl halides is 1. The van der Waals surface area contributed by atoms with Crippen molar-refractivity contribution in [3.63, 3.8) is 0 Å². The first-order valence-corrected chi connectivity index (χ1v) is 8.24. The summed E-state index contributed by atoms with van der Waals surface area (Å²) in [5.41, 5.74) is 1.66. The van der Waals surface area contributed by atoms with Gasteiger partial charge in [-0.3, -0.25) is 0 Å². The predicted molar refractivity (Wildman–Crippen MR) is 86.0 cm³/mol. The Hall–Kier alpha value is -0.610. The van der Waals surface area contributed by atoms with Gasteiger partial charge in [0, 0.05) is 24.4 Å². The van der Waals surface area contributed by atoms with Gasteiger partial charge in [-0.25, -0.2) is 9.37 Å². The van der Waals surface area contributed by atoms with Crippen LogP contribution in [-0.4, -0.2) is 15.4 Å². The van der Waals surface area contributed by atoms with E-state index in [0.717, 1.165) is 23.3 Å². The molecule has 0 saturated heterocycles. The smallest absolute Gasteiger partial charge is 0.139 e. The van der Waals surface area contributed by atoms with Crippen molar-refractivity contribution in [1.82, 2.24) is 9.55 Å². The third-order valence-corrected chi connectivity index (χ3v) is 4.79. The maximum Gasteiger partial charge on any atom is 0.139 e. The molecule has 5 heteroatoms. The summed E-state index contributed by atoms with van der Waals surface area (Å²) < 4.78 is 16.4. The topological polar surface area (TPSA) is 17.8 Å². The van der Waals surface area contributed by atoms with Crippen LogP contribution in [0.4, 0.5) is 4.39 Å².